The first-order valence-corrected chi connectivity index (χ1v) is 21.9. The Kier molecular flexibility index (Phi) is 37.3. The predicted octanol–water partition coefficient (Wildman–Crippen LogP) is 11.5. The van der Waals surface area contributed by atoms with Crippen LogP contribution in [0.4, 0.5) is 0 Å². The summed E-state index contributed by atoms with van der Waals surface area (Å²) in [6, 6.07) is 0. The molecule has 0 aromatic carbocycles. The maximum Gasteiger partial charge on any atom is 0.472 e. The minimum atomic E-state index is -4.39. The summed E-state index contributed by atoms with van der Waals surface area (Å²) >= 11 is 0. The summed E-state index contributed by atoms with van der Waals surface area (Å²) in [6.45, 7) is 3.51. The van der Waals surface area contributed by atoms with Crippen molar-refractivity contribution >= 4 is 19.8 Å². The average molecular weight is 764 g/mol. The SMILES string of the molecule is CC/C=C\C/C=C\C/C=C\C/C=C\CCCCC(=O)O[C@H](COC(=O)CCCCCCCCC/C=C\C/C=C\CCCCC)COP(=O)(O)OCCN. The predicted molar refractivity (Wildman–Crippen MR) is 219 cm³/mol. The third-order valence-electron chi connectivity index (χ3n) is 8.08. The lowest BCUT2D eigenvalue weighted by Gasteiger charge is -2.19. The summed E-state index contributed by atoms with van der Waals surface area (Å²) in [4.78, 5) is 34.8. The van der Waals surface area contributed by atoms with Gasteiger partial charge in [-0.15, -0.1) is 0 Å². The molecule has 304 valence electrons. The average Bonchev–Trinajstić information content (AvgIpc) is 3.14. The molecular formula is C43H74NO8P. The molecule has 0 saturated carbocycles. The van der Waals surface area contributed by atoms with E-state index in [1.807, 2.05) is 0 Å². The van der Waals surface area contributed by atoms with Gasteiger partial charge in [0.15, 0.2) is 6.10 Å². The second kappa shape index (κ2) is 39.2. The fraction of sp³-hybridized carbons (Fsp3) is 0.674. The largest absolute Gasteiger partial charge is 0.472 e. The molecule has 0 saturated heterocycles. The third kappa shape index (κ3) is 39.0. The van der Waals surface area contributed by atoms with Crippen molar-refractivity contribution < 1.29 is 37.6 Å². The summed E-state index contributed by atoms with van der Waals surface area (Å²) in [5, 5.41) is 0. The monoisotopic (exact) mass is 764 g/mol. The molecule has 0 aliphatic rings. The summed E-state index contributed by atoms with van der Waals surface area (Å²) in [5.74, 6) is -0.894. The van der Waals surface area contributed by atoms with Crippen molar-refractivity contribution in [3.8, 4) is 0 Å². The molecule has 0 rings (SSSR count). The Bertz CT molecular complexity index is 1100. The lowest BCUT2D eigenvalue weighted by atomic mass is 10.1. The molecular weight excluding hydrogens is 689 g/mol. The first-order valence-electron chi connectivity index (χ1n) is 20.4. The molecule has 3 N–H and O–H groups in total. The Morgan fingerprint density at radius 1 is 0.585 bits per heavy atom. The first-order chi connectivity index (χ1) is 25.8. The van der Waals surface area contributed by atoms with Crippen molar-refractivity contribution in [2.24, 2.45) is 5.73 Å². The van der Waals surface area contributed by atoms with Gasteiger partial charge in [0.2, 0.25) is 0 Å². The first kappa shape index (κ1) is 50.5. The van der Waals surface area contributed by atoms with E-state index in [1.165, 1.54) is 44.9 Å². The van der Waals surface area contributed by atoms with Gasteiger partial charge in [0.1, 0.15) is 6.61 Å². The standard InChI is InChI=1S/C43H74NO8P/c1-3-5-7-9-11-13-15-17-19-20-22-23-25-27-29-31-33-35-42(45)49-39-41(40-51-53(47,48)50-38-37-44)52-43(46)36-34-32-30-28-26-24-21-18-16-14-12-10-8-6-4-2/h6,8,11-14,17-19,21,26,28,41H,3-5,7,9-10,15-16,20,22-25,27,29-40,44H2,1-2H3,(H,47,48)/b8-6-,13-11-,14-12-,19-17-,21-18-,28-26-/t41-/m1/s1. The zero-order valence-corrected chi connectivity index (χ0v) is 34.1. The van der Waals surface area contributed by atoms with Crippen LogP contribution in [0.3, 0.4) is 0 Å². The minimum absolute atomic E-state index is 0.0417. The highest BCUT2D eigenvalue weighted by Gasteiger charge is 2.25. The van der Waals surface area contributed by atoms with Gasteiger partial charge in [-0.2, -0.15) is 0 Å². The molecule has 9 nitrogen and oxygen atoms in total. The Hall–Kier alpha value is -2.55. The van der Waals surface area contributed by atoms with Crippen molar-refractivity contribution in [1.29, 1.82) is 0 Å². The highest BCUT2D eigenvalue weighted by atomic mass is 31.2. The van der Waals surface area contributed by atoms with Crippen LogP contribution in [0.25, 0.3) is 0 Å². The molecule has 0 aromatic heterocycles. The number of allylic oxidation sites excluding steroid dienone is 12. The lowest BCUT2D eigenvalue weighted by Crippen LogP contribution is -2.29. The van der Waals surface area contributed by atoms with E-state index in [0.29, 0.717) is 12.8 Å². The van der Waals surface area contributed by atoms with E-state index in [0.717, 1.165) is 70.6 Å². The van der Waals surface area contributed by atoms with E-state index in [4.69, 9.17) is 24.3 Å². The van der Waals surface area contributed by atoms with Crippen LogP contribution >= 0.6 is 7.82 Å². The van der Waals surface area contributed by atoms with E-state index in [-0.39, 0.29) is 32.6 Å². The zero-order valence-electron chi connectivity index (χ0n) is 33.2. The number of rotatable bonds is 37. The lowest BCUT2D eigenvalue weighted by molar-refractivity contribution is -0.161. The molecule has 1 unspecified atom stereocenters. The highest BCUT2D eigenvalue weighted by molar-refractivity contribution is 7.47. The minimum Gasteiger partial charge on any atom is -0.462 e. The van der Waals surface area contributed by atoms with Crippen LogP contribution in [-0.4, -0.2) is 49.3 Å². The Morgan fingerprint density at radius 2 is 1.04 bits per heavy atom. The molecule has 0 aromatic rings. The van der Waals surface area contributed by atoms with Crippen molar-refractivity contribution in [1.82, 2.24) is 0 Å². The Morgan fingerprint density at radius 3 is 1.58 bits per heavy atom. The molecule has 2 atom stereocenters. The van der Waals surface area contributed by atoms with Gasteiger partial charge < -0.3 is 20.1 Å². The van der Waals surface area contributed by atoms with Crippen molar-refractivity contribution in [3.63, 3.8) is 0 Å². The highest BCUT2D eigenvalue weighted by Crippen LogP contribution is 2.43. The van der Waals surface area contributed by atoms with Crippen LogP contribution < -0.4 is 5.73 Å². The van der Waals surface area contributed by atoms with Gasteiger partial charge in [-0.25, -0.2) is 4.57 Å². The van der Waals surface area contributed by atoms with E-state index in [2.05, 4.69) is 86.8 Å². The molecule has 0 aliphatic heterocycles. The maximum absolute atomic E-state index is 12.5. The smallest absolute Gasteiger partial charge is 0.462 e. The van der Waals surface area contributed by atoms with Gasteiger partial charge >= 0.3 is 19.8 Å². The molecule has 0 aliphatic carbocycles. The quantitative estimate of drug-likeness (QED) is 0.0274. The number of hydrogen-bond donors (Lipinski definition) is 2. The van der Waals surface area contributed by atoms with E-state index >= 15 is 0 Å². The van der Waals surface area contributed by atoms with Gasteiger partial charge in [0.05, 0.1) is 13.2 Å². The topological polar surface area (TPSA) is 134 Å². The van der Waals surface area contributed by atoms with Crippen LogP contribution in [0.15, 0.2) is 72.9 Å². The number of ether oxygens (including phenoxy) is 2. The number of carbonyl (C=O) groups excluding carboxylic acids is 2. The van der Waals surface area contributed by atoms with E-state index < -0.39 is 32.5 Å². The van der Waals surface area contributed by atoms with Gasteiger partial charge in [-0.1, -0.05) is 132 Å². The van der Waals surface area contributed by atoms with E-state index in [1.54, 1.807) is 0 Å². The summed E-state index contributed by atoms with van der Waals surface area (Å²) in [5.41, 5.74) is 5.33. The van der Waals surface area contributed by atoms with Gasteiger partial charge in [-0.05, 0) is 83.5 Å². The van der Waals surface area contributed by atoms with Gasteiger partial charge in [-0.3, -0.25) is 18.6 Å². The molecule has 0 fully saturated rings. The Labute approximate surface area is 322 Å². The molecule has 0 radical (unpaired) electrons. The van der Waals surface area contributed by atoms with Crippen molar-refractivity contribution in [2.45, 2.75) is 161 Å². The van der Waals surface area contributed by atoms with Gasteiger partial charge in [0, 0.05) is 19.4 Å². The van der Waals surface area contributed by atoms with Gasteiger partial charge in [0.25, 0.3) is 0 Å². The second-order valence-electron chi connectivity index (χ2n) is 13.1. The molecule has 0 heterocycles. The number of carbonyl (C=O) groups is 2. The number of phosphoric ester groups is 1. The number of hydrogen-bond acceptors (Lipinski definition) is 8. The van der Waals surface area contributed by atoms with Crippen LogP contribution in [-0.2, 0) is 32.7 Å². The summed E-state index contributed by atoms with van der Waals surface area (Å²) < 4.78 is 32.7. The molecule has 53 heavy (non-hydrogen) atoms. The van der Waals surface area contributed by atoms with Crippen LogP contribution in [0.2, 0.25) is 0 Å². The maximum atomic E-state index is 12.5. The number of nitrogens with two attached hydrogens (primary N) is 1. The van der Waals surface area contributed by atoms with Crippen LogP contribution in [0.5, 0.6) is 0 Å². The summed E-state index contributed by atoms with van der Waals surface area (Å²) in [7, 11) is -4.39. The number of esters is 2. The van der Waals surface area contributed by atoms with Crippen LogP contribution in [0, 0.1) is 0 Å². The van der Waals surface area contributed by atoms with Crippen LogP contribution in [0.1, 0.15) is 155 Å². The molecule has 0 amide bonds. The molecule has 10 heteroatoms. The van der Waals surface area contributed by atoms with E-state index in [9.17, 15) is 19.0 Å². The fourth-order valence-corrected chi connectivity index (χ4v) is 5.83. The molecule has 0 spiro atoms. The normalized spacial score (nSPS) is 14.1. The van der Waals surface area contributed by atoms with Crippen molar-refractivity contribution in [3.05, 3.63) is 72.9 Å². The zero-order chi connectivity index (χ0) is 38.9. The number of unbranched alkanes of at least 4 members (excludes halogenated alkanes) is 12. The third-order valence-corrected chi connectivity index (χ3v) is 9.06. The second-order valence-corrected chi connectivity index (χ2v) is 14.6. The Balaban J connectivity index is 4.27. The fourth-order valence-electron chi connectivity index (χ4n) is 5.07. The molecule has 0 bridgehead atoms. The van der Waals surface area contributed by atoms with Crippen molar-refractivity contribution in [2.75, 3.05) is 26.4 Å². The summed E-state index contributed by atoms with van der Waals surface area (Å²) in [6.07, 6.45) is 46.5. The number of phosphoric acid groups is 1.